The molecular formula is C10H9NO6S2. The summed E-state index contributed by atoms with van der Waals surface area (Å²) in [6.07, 6.45) is 1.34. The summed E-state index contributed by atoms with van der Waals surface area (Å²) < 4.78 is 60.4. The lowest BCUT2D eigenvalue weighted by molar-refractivity contribution is 0.457. The Balaban J connectivity index is 2.86. The lowest BCUT2D eigenvalue weighted by Crippen LogP contribution is -2.21. The van der Waals surface area contributed by atoms with Crippen molar-refractivity contribution in [1.82, 2.24) is 4.98 Å². The number of pyridine rings is 1. The molecule has 2 aromatic rings. The fourth-order valence-corrected chi connectivity index (χ4v) is 4.04. The van der Waals surface area contributed by atoms with Gasteiger partial charge in [-0.2, -0.15) is 16.8 Å². The Morgan fingerprint density at radius 3 is 2.11 bits per heavy atom. The van der Waals surface area contributed by atoms with E-state index in [1.54, 1.807) is 18.2 Å². The average Bonchev–Trinajstić information content (AvgIpc) is 2.25. The van der Waals surface area contributed by atoms with Gasteiger partial charge >= 0.3 is 0 Å². The van der Waals surface area contributed by atoms with Crippen molar-refractivity contribution in [3.63, 3.8) is 0 Å². The molecule has 0 aliphatic carbocycles. The fourth-order valence-electron chi connectivity index (χ4n) is 1.79. The Hall–Kier alpha value is -1.55. The standard InChI is InChI=1S/C10H9NO6S2/c12-18(13,14)10(19(15,16)17)8-5-1-3-7-4-2-6-11-9(7)8/h1-6,10H,(H,12,13,14)(H,15,16,17). The summed E-state index contributed by atoms with van der Waals surface area (Å²) in [5.74, 6) is 0. The minimum Gasteiger partial charge on any atom is -0.284 e. The Morgan fingerprint density at radius 2 is 1.53 bits per heavy atom. The van der Waals surface area contributed by atoms with Crippen LogP contribution >= 0.6 is 0 Å². The Kier molecular flexibility index (Phi) is 3.31. The van der Waals surface area contributed by atoms with Gasteiger partial charge in [-0.25, -0.2) is 0 Å². The van der Waals surface area contributed by atoms with Gasteiger partial charge in [-0.15, -0.1) is 0 Å². The summed E-state index contributed by atoms with van der Waals surface area (Å²) in [4.78, 5) is 3.88. The summed E-state index contributed by atoms with van der Waals surface area (Å²) in [6.45, 7) is 0. The van der Waals surface area contributed by atoms with Crippen LogP contribution in [0.3, 0.4) is 0 Å². The second-order valence-electron chi connectivity index (χ2n) is 3.78. The normalized spacial score (nSPS) is 13.0. The van der Waals surface area contributed by atoms with E-state index in [0.717, 1.165) is 0 Å². The van der Waals surface area contributed by atoms with Crippen LogP contribution in [0.1, 0.15) is 10.1 Å². The zero-order valence-corrected chi connectivity index (χ0v) is 11.0. The maximum absolute atomic E-state index is 11.2. The molecule has 2 N–H and O–H groups in total. The van der Waals surface area contributed by atoms with E-state index in [4.69, 9.17) is 9.11 Å². The lowest BCUT2D eigenvalue weighted by atomic mass is 10.1. The second kappa shape index (κ2) is 4.53. The van der Waals surface area contributed by atoms with Crippen molar-refractivity contribution in [3.05, 3.63) is 42.1 Å². The first-order valence-electron chi connectivity index (χ1n) is 4.97. The van der Waals surface area contributed by atoms with Crippen molar-refractivity contribution >= 4 is 31.1 Å². The third-order valence-corrected chi connectivity index (χ3v) is 5.51. The first kappa shape index (κ1) is 13.9. The molecule has 0 aliphatic rings. The molecule has 2 rings (SSSR count). The molecule has 9 heteroatoms. The molecule has 0 spiro atoms. The molecule has 0 fully saturated rings. The molecule has 0 saturated heterocycles. The van der Waals surface area contributed by atoms with Crippen LogP contribution in [0, 0.1) is 0 Å². The zero-order valence-electron chi connectivity index (χ0n) is 9.33. The maximum Gasteiger partial charge on any atom is 0.289 e. The molecule has 0 radical (unpaired) electrons. The molecule has 0 atom stereocenters. The molecule has 19 heavy (non-hydrogen) atoms. The molecule has 1 heterocycles. The van der Waals surface area contributed by atoms with Crippen LogP contribution in [-0.4, -0.2) is 30.9 Å². The second-order valence-corrected chi connectivity index (χ2v) is 7.09. The Morgan fingerprint density at radius 1 is 0.947 bits per heavy atom. The van der Waals surface area contributed by atoms with E-state index in [-0.39, 0.29) is 11.1 Å². The van der Waals surface area contributed by atoms with E-state index >= 15 is 0 Å². The van der Waals surface area contributed by atoms with Crippen molar-refractivity contribution in [1.29, 1.82) is 0 Å². The third-order valence-electron chi connectivity index (χ3n) is 2.46. The van der Waals surface area contributed by atoms with Crippen molar-refractivity contribution in [3.8, 4) is 0 Å². The summed E-state index contributed by atoms with van der Waals surface area (Å²) >= 11 is 0. The van der Waals surface area contributed by atoms with Crippen LogP contribution in [0.2, 0.25) is 0 Å². The molecule has 7 nitrogen and oxygen atoms in total. The average molecular weight is 303 g/mol. The van der Waals surface area contributed by atoms with E-state index in [2.05, 4.69) is 4.98 Å². The predicted octanol–water partition coefficient (Wildman–Crippen LogP) is 1.01. The zero-order chi connectivity index (χ0) is 14.3. The highest BCUT2D eigenvalue weighted by molar-refractivity contribution is 8.03. The van der Waals surface area contributed by atoms with E-state index < -0.39 is 24.8 Å². The molecule has 0 saturated carbocycles. The smallest absolute Gasteiger partial charge is 0.284 e. The largest absolute Gasteiger partial charge is 0.289 e. The van der Waals surface area contributed by atoms with Crippen molar-refractivity contribution in [2.24, 2.45) is 0 Å². The molecule has 0 bridgehead atoms. The summed E-state index contributed by atoms with van der Waals surface area (Å²) in [6, 6.07) is 7.35. The Labute approximate surface area is 109 Å². The predicted molar refractivity (Wildman–Crippen MR) is 67.6 cm³/mol. The molecule has 0 amide bonds. The number of hydrogen-bond donors (Lipinski definition) is 2. The first-order chi connectivity index (χ1) is 8.71. The maximum atomic E-state index is 11.2. The minimum atomic E-state index is -5.05. The van der Waals surface area contributed by atoms with E-state index in [9.17, 15) is 16.8 Å². The number of nitrogens with zero attached hydrogens (tertiary/aromatic N) is 1. The lowest BCUT2D eigenvalue weighted by Gasteiger charge is -2.12. The molecule has 0 unspecified atom stereocenters. The van der Waals surface area contributed by atoms with Gasteiger partial charge in [0.2, 0.25) is 4.58 Å². The van der Waals surface area contributed by atoms with E-state index in [0.29, 0.717) is 5.39 Å². The number of benzene rings is 1. The highest BCUT2D eigenvalue weighted by Gasteiger charge is 2.38. The third kappa shape index (κ3) is 2.73. The number of para-hydroxylation sites is 1. The SMILES string of the molecule is O=S(=O)(O)C(c1cccc2cccnc12)S(=O)(=O)O. The van der Waals surface area contributed by atoms with Crippen molar-refractivity contribution in [2.75, 3.05) is 0 Å². The van der Waals surface area contributed by atoms with Crippen LogP contribution in [0.4, 0.5) is 0 Å². The van der Waals surface area contributed by atoms with E-state index in [1.807, 2.05) is 0 Å². The van der Waals surface area contributed by atoms with Gasteiger partial charge in [-0.3, -0.25) is 14.1 Å². The van der Waals surface area contributed by atoms with Crippen LogP contribution in [0.15, 0.2) is 36.5 Å². The van der Waals surface area contributed by atoms with Gasteiger partial charge < -0.3 is 0 Å². The summed E-state index contributed by atoms with van der Waals surface area (Å²) in [7, 11) is -10.1. The molecule has 102 valence electrons. The molecule has 1 aromatic heterocycles. The van der Waals surface area contributed by atoms with Crippen LogP contribution < -0.4 is 0 Å². The van der Waals surface area contributed by atoms with Gasteiger partial charge in [0, 0.05) is 17.1 Å². The number of aromatic nitrogens is 1. The summed E-state index contributed by atoms with van der Waals surface area (Å²) in [5.41, 5.74) is -0.228. The van der Waals surface area contributed by atoms with Crippen LogP contribution in [0.5, 0.6) is 0 Å². The van der Waals surface area contributed by atoms with Crippen LogP contribution in [-0.2, 0) is 20.2 Å². The molecule has 1 aromatic carbocycles. The Bertz CT molecular complexity index is 791. The monoisotopic (exact) mass is 303 g/mol. The van der Waals surface area contributed by atoms with Crippen molar-refractivity contribution < 1.29 is 25.9 Å². The first-order valence-corrected chi connectivity index (χ1v) is 7.98. The van der Waals surface area contributed by atoms with E-state index in [1.165, 1.54) is 18.3 Å². The van der Waals surface area contributed by atoms with Gasteiger partial charge in [-0.1, -0.05) is 24.3 Å². The van der Waals surface area contributed by atoms with Crippen LogP contribution in [0.25, 0.3) is 10.9 Å². The topological polar surface area (TPSA) is 122 Å². The van der Waals surface area contributed by atoms with Gasteiger partial charge in [0.1, 0.15) is 0 Å². The minimum absolute atomic E-state index is 0.0743. The van der Waals surface area contributed by atoms with Crippen molar-refractivity contribution in [2.45, 2.75) is 4.58 Å². The highest BCUT2D eigenvalue weighted by atomic mass is 32.3. The number of hydrogen-bond acceptors (Lipinski definition) is 5. The van der Waals surface area contributed by atoms with Gasteiger partial charge in [0.05, 0.1) is 5.52 Å². The summed E-state index contributed by atoms with van der Waals surface area (Å²) in [5, 5.41) is 0.484. The highest BCUT2D eigenvalue weighted by Crippen LogP contribution is 2.31. The molecular weight excluding hydrogens is 294 g/mol. The molecule has 0 aliphatic heterocycles. The quantitative estimate of drug-likeness (QED) is 0.811. The van der Waals surface area contributed by atoms with Gasteiger partial charge in [0.25, 0.3) is 20.2 Å². The fraction of sp³-hybridized carbons (Fsp3) is 0.100. The van der Waals surface area contributed by atoms with Gasteiger partial charge in [0.15, 0.2) is 0 Å². The van der Waals surface area contributed by atoms with Gasteiger partial charge in [-0.05, 0) is 6.07 Å². The number of fused-ring (bicyclic) bond motifs is 1. The number of rotatable bonds is 3.